The molecule has 1 aliphatic heterocycles. The van der Waals surface area contributed by atoms with Gasteiger partial charge in [-0.1, -0.05) is 6.07 Å². The van der Waals surface area contributed by atoms with Gasteiger partial charge < -0.3 is 15.5 Å². The number of urea groups is 1. The van der Waals surface area contributed by atoms with Crippen molar-refractivity contribution < 1.29 is 9.59 Å². The van der Waals surface area contributed by atoms with Gasteiger partial charge in [0.25, 0.3) is 0 Å². The second-order valence-corrected chi connectivity index (χ2v) is 5.41. The van der Waals surface area contributed by atoms with E-state index >= 15 is 0 Å². The number of hydrogen-bond donors (Lipinski definition) is 2. The molecular weight excluding hydrogens is 268 g/mol. The molecule has 6 heteroatoms. The van der Waals surface area contributed by atoms with Gasteiger partial charge in [0, 0.05) is 50.4 Å². The number of hydrogen-bond acceptors (Lipinski definition) is 3. The van der Waals surface area contributed by atoms with Crippen LogP contribution in [-0.4, -0.2) is 47.5 Å². The van der Waals surface area contributed by atoms with Crippen LogP contribution in [-0.2, 0) is 11.2 Å². The zero-order chi connectivity index (χ0) is 15.2. The number of aryl methyl sites for hydroxylation is 1. The molecule has 2 N–H and O–H groups in total. The summed E-state index contributed by atoms with van der Waals surface area (Å²) in [5.74, 6) is 0.00228. The minimum Gasteiger partial charge on any atom is -0.354 e. The topological polar surface area (TPSA) is 74.3 Å². The Kier molecular flexibility index (Phi) is 5.14. The maximum Gasteiger partial charge on any atom is 0.317 e. The first-order chi connectivity index (χ1) is 10.1. The predicted octanol–water partition coefficient (Wildman–Crippen LogP) is 0.853. The van der Waals surface area contributed by atoms with Gasteiger partial charge in [-0.3, -0.25) is 9.78 Å². The van der Waals surface area contributed by atoms with Crippen LogP contribution in [0.5, 0.6) is 0 Å². The molecule has 0 spiro atoms. The fourth-order valence-electron chi connectivity index (χ4n) is 2.35. The highest BCUT2D eigenvalue weighted by Gasteiger charge is 2.19. The molecule has 1 unspecified atom stereocenters. The maximum absolute atomic E-state index is 12.2. The molecule has 0 bridgehead atoms. The van der Waals surface area contributed by atoms with Crippen LogP contribution in [0.1, 0.15) is 24.6 Å². The summed E-state index contributed by atoms with van der Waals surface area (Å²) in [6, 6.07) is 3.80. The van der Waals surface area contributed by atoms with E-state index in [1.54, 1.807) is 11.1 Å². The van der Waals surface area contributed by atoms with E-state index in [9.17, 15) is 9.59 Å². The lowest BCUT2D eigenvalue weighted by Gasteiger charge is -2.23. The van der Waals surface area contributed by atoms with E-state index in [0.29, 0.717) is 32.5 Å². The van der Waals surface area contributed by atoms with E-state index in [1.807, 2.05) is 26.0 Å². The minimum absolute atomic E-state index is 0.00184. The van der Waals surface area contributed by atoms with Gasteiger partial charge in [0.2, 0.25) is 5.91 Å². The molecule has 1 aromatic rings. The van der Waals surface area contributed by atoms with Gasteiger partial charge >= 0.3 is 6.03 Å². The van der Waals surface area contributed by atoms with Crippen molar-refractivity contribution in [3.63, 3.8) is 0 Å². The summed E-state index contributed by atoms with van der Waals surface area (Å²) >= 11 is 0. The largest absolute Gasteiger partial charge is 0.354 e. The highest BCUT2D eigenvalue weighted by atomic mass is 16.2. The van der Waals surface area contributed by atoms with Crippen LogP contribution in [0, 0.1) is 6.92 Å². The van der Waals surface area contributed by atoms with E-state index in [1.165, 1.54) is 0 Å². The van der Waals surface area contributed by atoms with Crippen molar-refractivity contribution in [2.45, 2.75) is 32.7 Å². The highest BCUT2D eigenvalue weighted by molar-refractivity contribution is 5.79. The van der Waals surface area contributed by atoms with Gasteiger partial charge in [-0.15, -0.1) is 0 Å². The first-order valence-corrected chi connectivity index (χ1v) is 7.29. The quantitative estimate of drug-likeness (QED) is 0.867. The van der Waals surface area contributed by atoms with E-state index in [2.05, 4.69) is 15.6 Å². The molecule has 6 nitrogen and oxygen atoms in total. The lowest BCUT2D eigenvalue weighted by atomic mass is 10.1. The van der Waals surface area contributed by atoms with E-state index < -0.39 is 0 Å². The molecule has 1 fully saturated rings. The van der Waals surface area contributed by atoms with Crippen LogP contribution in [0.15, 0.2) is 18.3 Å². The SMILES string of the molecule is Cc1cccnc1CC(C)NC(=O)N1CCNC(=O)CC1. The third-order valence-corrected chi connectivity index (χ3v) is 3.59. The van der Waals surface area contributed by atoms with Crippen LogP contribution in [0.3, 0.4) is 0 Å². The Bertz CT molecular complexity index is 518. The fraction of sp³-hybridized carbons (Fsp3) is 0.533. The Hall–Kier alpha value is -2.11. The molecule has 0 saturated carbocycles. The maximum atomic E-state index is 12.2. The number of pyridine rings is 1. The summed E-state index contributed by atoms with van der Waals surface area (Å²) in [6.45, 7) is 5.51. The first-order valence-electron chi connectivity index (χ1n) is 7.29. The minimum atomic E-state index is -0.118. The van der Waals surface area contributed by atoms with Crippen molar-refractivity contribution >= 4 is 11.9 Å². The number of nitrogens with one attached hydrogen (secondary N) is 2. The van der Waals surface area contributed by atoms with E-state index in [4.69, 9.17) is 0 Å². The summed E-state index contributed by atoms with van der Waals surface area (Å²) in [7, 11) is 0. The van der Waals surface area contributed by atoms with Gasteiger partial charge in [-0.05, 0) is 25.5 Å². The third-order valence-electron chi connectivity index (χ3n) is 3.59. The molecule has 2 heterocycles. The average Bonchev–Trinajstić information content (AvgIpc) is 2.66. The first kappa shape index (κ1) is 15.3. The van der Waals surface area contributed by atoms with Crippen molar-refractivity contribution in [2.75, 3.05) is 19.6 Å². The number of nitrogens with zero attached hydrogens (tertiary/aromatic N) is 2. The molecule has 1 aromatic heterocycles. The van der Waals surface area contributed by atoms with E-state index in [0.717, 1.165) is 11.3 Å². The van der Waals surface area contributed by atoms with Gasteiger partial charge in [-0.25, -0.2) is 4.79 Å². The average molecular weight is 290 g/mol. The number of carbonyl (C=O) groups is 2. The Balaban J connectivity index is 1.87. The van der Waals surface area contributed by atoms with E-state index in [-0.39, 0.29) is 18.0 Å². The molecule has 0 radical (unpaired) electrons. The Morgan fingerprint density at radius 3 is 3.10 bits per heavy atom. The summed E-state index contributed by atoms with van der Waals surface area (Å²) in [5, 5.41) is 5.74. The molecule has 1 aliphatic rings. The zero-order valence-corrected chi connectivity index (χ0v) is 12.6. The summed E-state index contributed by atoms with van der Waals surface area (Å²) in [4.78, 5) is 29.5. The van der Waals surface area contributed by atoms with Crippen molar-refractivity contribution in [1.29, 1.82) is 0 Å². The monoisotopic (exact) mass is 290 g/mol. The third kappa shape index (κ3) is 4.44. The lowest BCUT2D eigenvalue weighted by Crippen LogP contribution is -2.45. The second kappa shape index (κ2) is 7.06. The van der Waals surface area contributed by atoms with Crippen LogP contribution in [0.2, 0.25) is 0 Å². The Labute approximate surface area is 124 Å². The highest BCUT2D eigenvalue weighted by Crippen LogP contribution is 2.07. The molecule has 3 amide bonds. The normalized spacial score (nSPS) is 16.9. The van der Waals surface area contributed by atoms with Crippen LogP contribution >= 0.6 is 0 Å². The Morgan fingerprint density at radius 2 is 2.33 bits per heavy atom. The van der Waals surface area contributed by atoms with Crippen molar-refractivity contribution in [1.82, 2.24) is 20.5 Å². The van der Waals surface area contributed by atoms with Crippen molar-refractivity contribution in [3.05, 3.63) is 29.6 Å². The van der Waals surface area contributed by atoms with Crippen LogP contribution < -0.4 is 10.6 Å². The molecule has 1 atom stereocenters. The molecule has 2 rings (SSSR count). The molecular formula is C15H22N4O2. The molecule has 0 aliphatic carbocycles. The fourth-order valence-corrected chi connectivity index (χ4v) is 2.35. The Morgan fingerprint density at radius 1 is 1.52 bits per heavy atom. The number of rotatable bonds is 3. The molecule has 1 saturated heterocycles. The van der Waals surface area contributed by atoms with Gasteiger partial charge in [0.1, 0.15) is 0 Å². The van der Waals surface area contributed by atoms with Crippen LogP contribution in [0.4, 0.5) is 4.79 Å². The lowest BCUT2D eigenvalue weighted by molar-refractivity contribution is -0.120. The number of amides is 3. The van der Waals surface area contributed by atoms with Gasteiger partial charge in [0.05, 0.1) is 0 Å². The smallest absolute Gasteiger partial charge is 0.317 e. The number of aromatic nitrogens is 1. The van der Waals surface area contributed by atoms with Gasteiger partial charge in [-0.2, -0.15) is 0 Å². The molecule has 0 aromatic carbocycles. The summed E-state index contributed by atoms with van der Waals surface area (Å²) in [5.41, 5.74) is 2.13. The molecule has 21 heavy (non-hydrogen) atoms. The molecule has 114 valence electrons. The zero-order valence-electron chi connectivity index (χ0n) is 12.6. The predicted molar refractivity (Wildman–Crippen MR) is 79.9 cm³/mol. The van der Waals surface area contributed by atoms with Crippen molar-refractivity contribution in [3.8, 4) is 0 Å². The van der Waals surface area contributed by atoms with Crippen LogP contribution in [0.25, 0.3) is 0 Å². The van der Waals surface area contributed by atoms with Gasteiger partial charge in [0.15, 0.2) is 0 Å². The second-order valence-electron chi connectivity index (χ2n) is 5.41. The standard InChI is InChI=1S/C15H22N4O2/c1-11-4-3-6-16-13(11)10-12(2)18-15(21)19-8-5-14(20)17-7-9-19/h3-4,6,12H,5,7-10H2,1-2H3,(H,17,20)(H,18,21). The van der Waals surface area contributed by atoms with Crippen molar-refractivity contribution in [2.24, 2.45) is 0 Å². The number of carbonyl (C=O) groups excluding carboxylic acids is 2. The summed E-state index contributed by atoms with van der Waals surface area (Å²) < 4.78 is 0. The summed E-state index contributed by atoms with van der Waals surface area (Å²) in [6.07, 6.45) is 2.83.